The van der Waals surface area contributed by atoms with Crippen molar-refractivity contribution >= 4 is 12.1 Å². The number of carbonyl (C=O) groups is 2. The van der Waals surface area contributed by atoms with Gasteiger partial charge in [-0.25, -0.2) is 4.79 Å². The average molecular weight is 269 g/mol. The Kier molecular flexibility index (Phi) is 3.74. The Morgan fingerprint density at radius 3 is 2.26 bits per heavy atom. The van der Waals surface area contributed by atoms with Gasteiger partial charge in [-0.1, -0.05) is 0 Å². The third-order valence-corrected chi connectivity index (χ3v) is 3.86. The topological polar surface area (TPSA) is 66.8 Å². The molecule has 2 rings (SSSR count). The summed E-state index contributed by atoms with van der Waals surface area (Å²) in [5.74, 6) is 0.256. The van der Waals surface area contributed by atoms with Gasteiger partial charge in [-0.15, -0.1) is 0 Å². The van der Waals surface area contributed by atoms with E-state index in [1.54, 1.807) is 4.90 Å². The maximum absolute atomic E-state index is 11.7. The predicted molar refractivity (Wildman–Crippen MR) is 69.8 cm³/mol. The van der Waals surface area contributed by atoms with Gasteiger partial charge in [-0.05, 0) is 51.9 Å². The van der Waals surface area contributed by atoms with Crippen molar-refractivity contribution in [3.05, 3.63) is 0 Å². The monoisotopic (exact) mass is 269 g/mol. The lowest BCUT2D eigenvalue weighted by molar-refractivity contribution is -0.146. The number of amides is 1. The number of nitrogens with zero attached hydrogens (tertiary/aromatic N) is 1. The van der Waals surface area contributed by atoms with Crippen molar-refractivity contribution in [1.82, 2.24) is 4.90 Å². The minimum Gasteiger partial charge on any atom is -0.481 e. The Labute approximate surface area is 113 Å². The van der Waals surface area contributed by atoms with Gasteiger partial charge < -0.3 is 14.7 Å². The Hall–Kier alpha value is -1.26. The van der Waals surface area contributed by atoms with Gasteiger partial charge in [0.1, 0.15) is 5.60 Å². The molecule has 0 atom stereocenters. The number of carboxylic acid groups (broad SMARTS) is 1. The highest BCUT2D eigenvalue weighted by Gasteiger charge is 2.40. The summed E-state index contributed by atoms with van der Waals surface area (Å²) >= 11 is 0. The molecule has 5 nitrogen and oxygen atoms in total. The van der Waals surface area contributed by atoms with E-state index in [0.29, 0.717) is 11.8 Å². The van der Waals surface area contributed by atoms with Gasteiger partial charge in [0.05, 0.1) is 5.92 Å². The van der Waals surface area contributed by atoms with E-state index in [2.05, 4.69) is 0 Å². The SMILES string of the molecule is CC(C)(C)OC(=O)N1CC(CC2CC(C(=O)O)C2)C1. The molecule has 1 aliphatic carbocycles. The number of carboxylic acids is 1. The van der Waals surface area contributed by atoms with E-state index < -0.39 is 11.6 Å². The summed E-state index contributed by atoms with van der Waals surface area (Å²) in [6.45, 7) is 7.10. The summed E-state index contributed by atoms with van der Waals surface area (Å²) in [5, 5.41) is 8.81. The first-order valence-electron chi connectivity index (χ1n) is 6.95. The van der Waals surface area contributed by atoms with E-state index in [-0.39, 0.29) is 12.0 Å². The number of aliphatic carboxylic acids is 1. The fourth-order valence-electron chi connectivity index (χ4n) is 2.80. The fourth-order valence-corrected chi connectivity index (χ4v) is 2.80. The van der Waals surface area contributed by atoms with E-state index in [1.807, 2.05) is 20.8 Å². The van der Waals surface area contributed by atoms with E-state index >= 15 is 0 Å². The van der Waals surface area contributed by atoms with Gasteiger partial charge >= 0.3 is 12.1 Å². The van der Waals surface area contributed by atoms with Crippen LogP contribution in [0.25, 0.3) is 0 Å². The Bertz CT molecular complexity index is 362. The highest BCUT2D eigenvalue weighted by molar-refractivity contribution is 5.71. The number of likely N-dealkylation sites (tertiary alicyclic amines) is 1. The van der Waals surface area contributed by atoms with Crippen LogP contribution in [0.5, 0.6) is 0 Å². The fraction of sp³-hybridized carbons (Fsp3) is 0.857. The molecule has 0 radical (unpaired) electrons. The van der Waals surface area contributed by atoms with Crippen molar-refractivity contribution in [1.29, 1.82) is 0 Å². The molecule has 0 bridgehead atoms. The molecule has 5 heteroatoms. The summed E-state index contributed by atoms with van der Waals surface area (Å²) in [4.78, 5) is 24.1. The second-order valence-electron chi connectivity index (χ2n) is 6.86. The highest BCUT2D eigenvalue weighted by Crippen LogP contribution is 2.40. The summed E-state index contributed by atoms with van der Waals surface area (Å²) in [6.07, 6.45) is 2.42. The van der Waals surface area contributed by atoms with E-state index in [0.717, 1.165) is 32.4 Å². The highest BCUT2D eigenvalue weighted by atomic mass is 16.6. The zero-order chi connectivity index (χ0) is 14.2. The Balaban J connectivity index is 1.62. The van der Waals surface area contributed by atoms with Crippen LogP contribution < -0.4 is 0 Å². The number of hydrogen-bond donors (Lipinski definition) is 1. The molecule has 1 N–H and O–H groups in total. The van der Waals surface area contributed by atoms with Crippen LogP contribution in [0.4, 0.5) is 4.79 Å². The Morgan fingerprint density at radius 1 is 1.21 bits per heavy atom. The number of carbonyl (C=O) groups excluding carboxylic acids is 1. The zero-order valence-corrected chi connectivity index (χ0v) is 11.9. The maximum atomic E-state index is 11.7. The first-order valence-corrected chi connectivity index (χ1v) is 6.95. The normalized spacial score (nSPS) is 27.4. The van der Waals surface area contributed by atoms with E-state index in [1.165, 1.54) is 0 Å². The molecule has 1 heterocycles. The van der Waals surface area contributed by atoms with Crippen LogP contribution >= 0.6 is 0 Å². The lowest BCUT2D eigenvalue weighted by Crippen LogP contribution is -2.52. The lowest BCUT2D eigenvalue weighted by Gasteiger charge is -2.43. The van der Waals surface area contributed by atoms with Gasteiger partial charge in [0.25, 0.3) is 0 Å². The largest absolute Gasteiger partial charge is 0.481 e. The molecule has 0 aromatic rings. The maximum Gasteiger partial charge on any atom is 0.410 e. The molecular formula is C14H23NO4. The molecule has 1 saturated heterocycles. The minimum absolute atomic E-state index is 0.132. The van der Waals surface area contributed by atoms with Crippen LogP contribution in [0.3, 0.4) is 0 Å². The molecule has 2 aliphatic rings. The summed E-state index contributed by atoms with van der Waals surface area (Å²) < 4.78 is 5.29. The molecule has 108 valence electrons. The van der Waals surface area contributed by atoms with Crippen molar-refractivity contribution in [2.75, 3.05) is 13.1 Å². The number of rotatable bonds is 3. The van der Waals surface area contributed by atoms with Crippen molar-refractivity contribution in [2.24, 2.45) is 17.8 Å². The smallest absolute Gasteiger partial charge is 0.410 e. The van der Waals surface area contributed by atoms with Gasteiger partial charge in [0, 0.05) is 13.1 Å². The minimum atomic E-state index is -0.666. The lowest BCUT2D eigenvalue weighted by atomic mass is 9.70. The zero-order valence-electron chi connectivity index (χ0n) is 11.9. The standard InChI is InChI=1S/C14H23NO4/c1-14(2,3)19-13(18)15-7-10(8-15)4-9-5-11(6-9)12(16)17/h9-11H,4-8H2,1-3H3,(H,16,17). The molecule has 0 unspecified atom stereocenters. The molecule has 0 aromatic carbocycles. The second kappa shape index (κ2) is 5.02. The predicted octanol–water partition coefficient (Wildman–Crippen LogP) is 2.35. The summed E-state index contributed by atoms with van der Waals surface area (Å²) in [5.41, 5.74) is -0.440. The summed E-state index contributed by atoms with van der Waals surface area (Å²) in [7, 11) is 0. The third kappa shape index (κ3) is 3.61. The quantitative estimate of drug-likeness (QED) is 0.854. The van der Waals surface area contributed by atoms with Crippen molar-refractivity contribution < 1.29 is 19.4 Å². The van der Waals surface area contributed by atoms with Crippen LogP contribution in [0.1, 0.15) is 40.0 Å². The Morgan fingerprint density at radius 2 is 1.79 bits per heavy atom. The van der Waals surface area contributed by atoms with Crippen LogP contribution in [-0.4, -0.2) is 40.8 Å². The second-order valence-corrected chi connectivity index (χ2v) is 6.86. The van der Waals surface area contributed by atoms with Gasteiger partial charge in [-0.3, -0.25) is 4.79 Å². The van der Waals surface area contributed by atoms with Crippen molar-refractivity contribution in [3.63, 3.8) is 0 Å². The van der Waals surface area contributed by atoms with Crippen molar-refractivity contribution in [2.45, 2.75) is 45.6 Å². The molecule has 0 aromatic heterocycles. The first kappa shape index (κ1) is 14.2. The van der Waals surface area contributed by atoms with Gasteiger partial charge in [0.15, 0.2) is 0 Å². The van der Waals surface area contributed by atoms with E-state index in [4.69, 9.17) is 9.84 Å². The number of hydrogen-bond acceptors (Lipinski definition) is 3. The third-order valence-electron chi connectivity index (χ3n) is 3.86. The van der Waals surface area contributed by atoms with Crippen LogP contribution in [0, 0.1) is 17.8 Å². The molecule has 19 heavy (non-hydrogen) atoms. The molecule has 2 fully saturated rings. The first-order chi connectivity index (χ1) is 8.74. The molecule has 1 amide bonds. The van der Waals surface area contributed by atoms with Gasteiger partial charge in [0.2, 0.25) is 0 Å². The van der Waals surface area contributed by atoms with Crippen LogP contribution in [0.15, 0.2) is 0 Å². The van der Waals surface area contributed by atoms with Crippen molar-refractivity contribution in [3.8, 4) is 0 Å². The molecular weight excluding hydrogens is 246 g/mol. The van der Waals surface area contributed by atoms with Crippen LogP contribution in [-0.2, 0) is 9.53 Å². The number of ether oxygens (including phenoxy) is 1. The average Bonchev–Trinajstić information content (AvgIpc) is 2.07. The van der Waals surface area contributed by atoms with Gasteiger partial charge in [-0.2, -0.15) is 0 Å². The van der Waals surface area contributed by atoms with E-state index in [9.17, 15) is 9.59 Å². The molecule has 1 aliphatic heterocycles. The summed E-state index contributed by atoms with van der Waals surface area (Å²) in [6, 6.07) is 0. The molecule has 1 saturated carbocycles. The van der Waals surface area contributed by atoms with Crippen LogP contribution in [0.2, 0.25) is 0 Å². The molecule has 0 spiro atoms.